The smallest absolute Gasteiger partial charge is 0.328 e. The molecule has 0 spiro atoms. The van der Waals surface area contributed by atoms with E-state index in [0.717, 1.165) is 6.42 Å². The predicted octanol–water partition coefficient (Wildman–Crippen LogP) is 3.23. The van der Waals surface area contributed by atoms with Gasteiger partial charge in [-0.2, -0.15) is 0 Å². The van der Waals surface area contributed by atoms with E-state index in [0.29, 0.717) is 13.0 Å². The highest BCUT2D eigenvalue weighted by atomic mass is 16.5. The Kier molecular flexibility index (Phi) is 13.0. The van der Waals surface area contributed by atoms with Crippen molar-refractivity contribution in [1.29, 1.82) is 0 Å². The van der Waals surface area contributed by atoms with Gasteiger partial charge in [-0.25, -0.2) is 4.79 Å². The van der Waals surface area contributed by atoms with Gasteiger partial charge in [-0.05, 0) is 25.3 Å². The molecule has 0 radical (unpaired) electrons. The van der Waals surface area contributed by atoms with Crippen molar-refractivity contribution in [3.8, 4) is 0 Å². The average Bonchev–Trinajstić information content (AvgIpc) is 2.98. The van der Waals surface area contributed by atoms with Gasteiger partial charge in [0.25, 0.3) is 0 Å². The maximum absolute atomic E-state index is 12.5. The van der Waals surface area contributed by atoms with E-state index < -0.39 is 6.04 Å². The zero-order valence-electron chi connectivity index (χ0n) is 16.7. The van der Waals surface area contributed by atoms with Gasteiger partial charge in [0.1, 0.15) is 6.04 Å². The summed E-state index contributed by atoms with van der Waals surface area (Å²) in [4.78, 5) is 25.8. The Hall–Kier alpha value is -1.10. The first-order chi connectivity index (χ1) is 10.7. The molecule has 23 heavy (non-hydrogen) atoms. The summed E-state index contributed by atoms with van der Waals surface area (Å²) in [7, 11) is 3.14. The largest absolute Gasteiger partial charge is 0.467 e. The van der Waals surface area contributed by atoms with Crippen molar-refractivity contribution >= 4 is 11.9 Å². The van der Waals surface area contributed by atoms with Gasteiger partial charge >= 0.3 is 5.97 Å². The first-order valence-corrected chi connectivity index (χ1v) is 8.80. The van der Waals surface area contributed by atoms with Crippen molar-refractivity contribution in [1.82, 2.24) is 10.2 Å². The van der Waals surface area contributed by atoms with E-state index in [1.165, 1.54) is 13.5 Å². The number of carbonyl (C=O) groups is 2. The molecule has 1 aliphatic heterocycles. The van der Waals surface area contributed by atoms with Gasteiger partial charge in [0.2, 0.25) is 5.91 Å². The minimum atomic E-state index is -0.416. The molecule has 0 aromatic heterocycles. The van der Waals surface area contributed by atoms with Gasteiger partial charge in [0.15, 0.2) is 0 Å². The van der Waals surface area contributed by atoms with Crippen molar-refractivity contribution in [2.45, 2.75) is 79.8 Å². The molecule has 5 nitrogen and oxygen atoms in total. The maximum Gasteiger partial charge on any atom is 0.328 e. The Morgan fingerprint density at radius 2 is 1.74 bits per heavy atom. The highest BCUT2D eigenvalue weighted by Crippen LogP contribution is 2.25. The number of amides is 1. The number of likely N-dealkylation sites (N-methyl/N-ethyl adjacent to an activating group) is 1. The Morgan fingerprint density at radius 3 is 2.09 bits per heavy atom. The summed E-state index contributed by atoms with van der Waals surface area (Å²) in [6, 6.07) is -0.705. The van der Waals surface area contributed by atoms with Crippen LogP contribution in [0, 0.1) is 5.41 Å². The first kappa shape index (κ1) is 24.2. The summed E-state index contributed by atoms with van der Waals surface area (Å²) in [5.41, 5.74) is -0.185. The molecule has 1 fully saturated rings. The topological polar surface area (TPSA) is 58.6 Å². The Morgan fingerprint density at radius 1 is 1.26 bits per heavy atom. The van der Waals surface area contributed by atoms with E-state index in [9.17, 15) is 9.59 Å². The third kappa shape index (κ3) is 7.82. The molecule has 1 rings (SSSR count). The second-order valence-corrected chi connectivity index (χ2v) is 6.51. The fourth-order valence-corrected chi connectivity index (χ4v) is 2.50. The molecule has 1 saturated heterocycles. The fourth-order valence-electron chi connectivity index (χ4n) is 2.50. The predicted molar refractivity (Wildman–Crippen MR) is 96.4 cm³/mol. The van der Waals surface area contributed by atoms with Crippen LogP contribution >= 0.6 is 0 Å². The number of carbonyl (C=O) groups excluding carboxylic acids is 2. The number of rotatable bonds is 3. The van der Waals surface area contributed by atoms with Gasteiger partial charge in [0.05, 0.1) is 13.2 Å². The van der Waals surface area contributed by atoms with Gasteiger partial charge in [0, 0.05) is 6.54 Å². The zero-order valence-corrected chi connectivity index (χ0v) is 16.7. The second kappa shape index (κ2) is 12.3. The SMILES string of the molecule is CC.CCC.CN[C@H](C(=O)N1CCCC1C(=O)OC)C(C)(C)C. The van der Waals surface area contributed by atoms with E-state index in [2.05, 4.69) is 19.2 Å². The molecule has 0 saturated carbocycles. The van der Waals surface area contributed by atoms with Crippen LogP contribution < -0.4 is 5.32 Å². The molecule has 0 aliphatic carbocycles. The minimum absolute atomic E-state index is 0.0158. The number of hydrogen-bond donors (Lipinski definition) is 1. The lowest BCUT2D eigenvalue weighted by Crippen LogP contribution is -2.54. The summed E-state index contributed by atoms with van der Waals surface area (Å²) in [6.07, 6.45) is 2.80. The number of methoxy groups -OCH3 is 1. The number of nitrogens with one attached hydrogen (secondary N) is 1. The number of hydrogen-bond acceptors (Lipinski definition) is 4. The van der Waals surface area contributed by atoms with Crippen molar-refractivity contribution < 1.29 is 14.3 Å². The highest BCUT2D eigenvalue weighted by Gasteiger charge is 2.40. The van der Waals surface area contributed by atoms with Gasteiger partial charge in [-0.3, -0.25) is 4.79 Å². The molecule has 1 N–H and O–H groups in total. The van der Waals surface area contributed by atoms with E-state index in [-0.39, 0.29) is 23.3 Å². The summed E-state index contributed by atoms with van der Waals surface area (Å²) >= 11 is 0. The first-order valence-electron chi connectivity index (χ1n) is 8.80. The van der Waals surface area contributed by atoms with Crippen LogP contribution in [0.2, 0.25) is 0 Å². The monoisotopic (exact) mass is 330 g/mol. The molecular weight excluding hydrogens is 292 g/mol. The molecule has 1 heterocycles. The third-order valence-corrected chi connectivity index (χ3v) is 3.41. The van der Waals surface area contributed by atoms with Crippen LogP contribution in [0.1, 0.15) is 67.7 Å². The number of ether oxygens (including phenoxy) is 1. The molecular formula is C18H38N2O3. The van der Waals surface area contributed by atoms with Crippen LogP contribution in [0.3, 0.4) is 0 Å². The average molecular weight is 331 g/mol. The molecule has 1 amide bonds. The Bertz CT molecular complexity index is 338. The van der Waals surface area contributed by atoms with Crippen molar-refractivity contribution in [2.75, 3.05) is 20.7 Å². The van der Waals surface area contributed by atoms with Crippen LogP contribution in [0.4, 0.5) is 0 Å². The minimum Gasteiger partial charge on any atom is -0.467 e. The van der Waals surface area contributed by atoms with Crippen LogP contribution in [-0.4, -0.2) is 49.6 Å². The lowest BCUT2D eigenvalue weighted by molar-refractivity contribution is -0.152. The quantitative estimate of drug-likeness (QED) is 0.807. The number of likely N-dealkylation sites (tertiary alicyclic amines) is 1. The van der Waals surface area contributed by atoms with E-state index >= 15 is 0 Å². The Labute approximate surface area is 143 Å². The summed E-state index contributed by atoms with van der Waals surface area (Å²) in [6.45, 7) is 14.9. The van der Waals surface area contributed by atoms with Crippen molar-refractivity contribution in [2.24, 2.45) is 5.41 Å². The molecule has 5 heteroatoms. The van der Waals surface area contributed by atoms with Crippen LogP contribution in [-0.2, 0) is 14.3 Å². The highest BCUT2D eigenvalue weighted by molar-refractivity contribution is 5.88. The van der Waals surface area contributed by atoms with Crippen LogP contribution in [0.15, 0.2) is 0 Å². The van der Waals surface area contributed by atoms with E-state index in [1.807, 2.05) is 34.6 Å². The summed E-state index contributed by atoms with van der Waals surface area (Å²) < 4.78 is 4.76. The molecule has 0 aromatic rings. The zero-order chi connectivity index (χ0) is 18.6. The van der Waals surface area contributed by atoms with Gasteiger partial charge < -0.3 is 15.0 Å². The standard InChI is InChI=1S/C13H24N2O3.C3H8.C2H6/c1-13(2,3)10(14-4)11(16)15-8-6-7-9(15)12(17)18-5;1-3-2;1-2/h9-10,14H,6-8H2,1-5H3;3H2,1-2H3;1-2H3/t9?,10-;;/m1../s1. The van der Waals surface area contributed by atoms with Gasteiger partial charge in [-0.15, -0.1) is 0 Å². The summed E-state index contributed by atoms with van der Waals surface area (Å²) in [5.74, 6) is -0.331. The normalized spacial score (nSPS) is 18.1. The number of nitrogens with zero attached hydrogens (tertiary/aromatic N) is 1. The molecule has 0 aromatic carbocycles. The van der Waals surface area contributed by atoms with Crippen LogP contribution in [0.5, 0.6) is 0 Å². The molecule has 138 valence electrons. The molecule has 1 unspecified atom stereocenters. The third-order valence-electron chi connectivity index (χ3n) is 3.41. The maximum atomic E-state index is 12.5. The van der Waals surface area contributed by atoms with E-state index in [1.54, 1.807) is 11.9 Å². The fraction of sp³-hybridized carbons (Fsp3) is 0.889. The second-order valence-electron chi connectivity index (χ2n) is 6.51. The number of esters is 1. The Balaban J connectivity index is 0. The van der Waals surface area contributed by atoms with Crippen molar-refractivity contribution in [3.05, 3.63) is 0 Å². The molecule has 2 atom stereocenters. The lowest BCUT2D eigenvalue weighted by Gasteiger charge is -2.34. The van der Waals surface area contributed by atoms with E-state index in [4.69, 9.17) is 4.74 Å². The molecule has 0 bridgehead atoms. The summed E-state index contributed by atoms with van der Waals surface area (Å²) in [5, 5.41) is 3.05. The van der Waals surface area contributed by atoms with Crippen LogP contribution in [0.25, 0.3) is 0 Å². The van der Waals surface area contributed by atoms with Crippen molar-refractivity contribution in [3.63, 3.8) is 0 Å². The molecule has 1 aliphatic rings. The van der Waals surface area contributed by atoms with Gasteiger partial charge in [-0.1, -0.05) is 54.9 Å². The lowest BCUT2D eigenvalue weighted by atomic mass is 9.86.